The number of hydrogen-bond acceptors (Lipinski definition) is 3. The van der Waals surface area contributed by atoms with E-state index < -0.39 is 11.9 Å². The van der Waals surface area contributed by atoms with Gasteiger partial charge in [0.1, 0.15) is 11.5 Å². The summed E-state index contributed by atoms with van der Waals surface area (Å²) in [5, 5.41) is 18.3. The normalized spacial score (nSPS) is 9.78. The Morgan fingerprint density at radius 1 is 0.741 bits per heavy atom. The van der Waals surface area contributed by atoms with Gasteiger partial charge < -0.3 is 14.9 Å². The third-order valence-corrected chi connectivity index (χ3v) is 3.67. The zero-order valence-corrected chi connectivity index (χ0v) is 14.0. The Morgan fingerprint density at radius 3 is 2.04 bits per heavy atom. The predicted molar refractivity (Wildman–Crippen MR) is 99.3 cm³/mol. The van der Waals surface area contributed by atoms with Gasteiger partial charge in [0, 0.05) is 11.1 Å². The Bertz CT molecular complexity index is 1040. The lowest BCUT2D eigenvalue weighted by Crippen LogP contribution is -2.00. The molecule has 5 nitrogen and oxygen atoms in total. The van der Waals surface area contributed by atoms with E-state index in [1.54, 1.807) is 6.07 Å². The van der Waals surface area contributed by atoms with Crippen molar-refractivity contribution in [1.82, 2.24) is 0 Å². The Morgan fingerprint density at radius 2 is 1.41 bits per heavy atom. The molecule has 0 fully saturated rings. The molecule has 0 saturated heterocycles. The minimum Gasteiger partial charge on any atom is -0.478 e. The summed E-state index contributed by atoms with van der Waals surface area (Å²) in [7, 11) is 0. The molecule has 132 valence electrons. The van der Waals surface area contributed by atoms with E-state index in [0.29, 0.717) is 17.1 Å². The maximum atomic E-state index is 11.4. The van der Waals surface area contributed by atoms with Crippen LogP contribution in [0.4, 0.5) is 0 Å². The quantitative estimate of drug-likeness (QED) is 0.680. The summed E-state index contributed by atoms with van der Waals surface area (Å²) in [5.74, 6) is 4.54. The van der Waals surface area contributed by atoms with Crippen molar-refractivity contribution >= 4 is 11.9 Å². The average molecular weight is 358 g/mol. The van der Waals surface area contributed by atoms with Crippen LogP contribution in [0.1, 0.15) is 31.8 Å². The average Bonchev–Trinajstić information content (AvgIpc) is 2.67. The largest absolute Gasteiger partial charge is 0.478 e. The van der Waals surface area contributed by atoms with Gasteiger partial charge in [-0.25, -0.2) is 9.59 Å². The number of rotatable bonds is 4. The van der Waals surface area contributed by atoms with Crippen molar-refractivity contribution in [2.24, 2.45) is 0 Å². The van der Waals surface area contributed by atoms with Crippen LogP contribution < -0.4 is 4.74 Å². The Kier molecular flexibility index (Phi) is 5.20. The second-order valence-electron chi connectivity index (χ2n) is 5.56. The van der Waals surface area contributed by atoms with Crippen molar-refractivity contribution in [3.8, 4) is 23.3 Å². The lowest BCUT2D eigenvalue weighted by molar-refractivity contribution is 0.0686. The van der Waals surface area contributed by atoms with Gasteiger partial charge in [-0.15, -0.1) is 0 Å². The van der Waals surface area contributed by atoms with Crippen molar-refractivity contribution in [3.63, 3.8) is 0 Å². The molecule has 27 heavy (non-hydrogen) atoms. The molecule has 0 bridgehead atoms. The van der Waals surface area contributed by atoms with E-state index >= 15 is 0 Å². The van der Waals surface area contributed by atoms with Crippen LogP contribution in [-0.2, 0) is 0 Å². The molecule has 0 aliphatic heterocycles. The standard InChI is InChI=1S/C22H14O5/c23-21(24)16-8-10-18(11-9-16)27-19-12-13-20(22(25)26)17(14-19)7-6-15-4-2-1-3-5-15/h1-5,8-14H,(H,23,24)(H,25,26). The van der Waals surface area contributed by atoms with Gasteiger partial charge >= 0.3 is 11.9 Å². The molecule has 0 aliphatic carbocycles. The molecule has 0 unspecified atom stereocenters. The zero-order chi connectivity index (χ0) is 19.2. The fourth-order valence-corrected chi connectivity index (χ4v) is 2.34. The Balaban J connectivity index is 1.90. The van der Waals surface area contributed by atoms with Gasteiger partial charge in [0.2, 0.25) is 0 Å². The summed E-state index contributed by atoms with van der Waals surface area (Å²) in [4.78, 5) is 22.3. The molecule has 0 atom stereocenters. The lowest BCUT2D eigenvalue weighted by atomic mass is 10.1. The number of benzene rings is 3. The first-order valence-electron chi connectivity index (χ1n) is 7.98. The molecule has 0 saturated carbocycles. The molecule has 0 radical (unpaired) electrons. The summed E-state index contributed by atoms with van der Waals surface area (Å²) < 4.78 is 5.69. The van der Waals surface area contributed by atoms with Gasteiger partial charge in [-0.2, -0.15) is 0 Å². The van der Waals surface area contributed by atoms with Crippen molar-refractivity contribution in [2.45, 2.75) is 0 Å². The number of ether oxygens (including phenoxy) is 1. The second kappa shape index (κ2) is 7.89. The van der Waals surface area contributed by atoms with E-state index in [-0.39, 0.29) is 11.1 Å². The lowest BCUT2D eigenvalue weighted by Gasteiger charge is -2.08. The minimum absolute atomic E-state index is 0.0759. The van der Waals surface area contributed by atoms with Crippen LogP contribution >= 0.6 is 0 Å². The molecular weight excluding hydrogens is 344 g/mol. The molecule has 3 rings (SSSR count). The fraction of sp³-hybridized carbons (Fsp3) is 0. The smallest absolute Gasteiger partial charge is 0.336 e. The van der Waals surface area contributed by atoms with Gasteiger partial charge in [0.05, 0.1) is 11.1 Å². The SMILES string of the molecule is O=C(O)c1ccc(Oc2ccc(C(=O)O)c(C#Cc3ccccc3)c2)cc1. The number of carboxylic acid groups (broad SMARTS) is 2. The molecule has 0 aliphatic rings. The number of hydrogen-bond donors (Lipinski definition) is 2. The molecule has 5 heteroatoms. The van der Waals surface area contributed by atoms with E-state index in [1.165, 1.54) is 36.4 Å². The van der Waals surface area contributed by atoms with Crippen LogP contribution in [0.5, 0.6) is 11.5 Å². The number of aromatic carboxylic acids is 2. The first kappa shape index (κ1) is 17.8. The molecule has 0 heterocycles. The highest BCUT2D eigenvalue weighted by molar-refractivity contribution is 5.91. The number of carboxylic acids is 2. The van der Waals surface area contributed by atoms with Gasteiger partial charge in [-0.1, -0.05) is 30.0 Å². The third kappa shape index (κ3) is 4.53. The number of carbonyl (C=O) groups is 2. The van der Waals surface area contributed by atoms with Crippen LogP contribution in [-0.4, -0.2) is 22.2 Å². The summed E-state index contributed by atoms with van der Waals surface area (Å²) in [5.41, 5.74) is 1.32. The van der Waals surface area contributed by atoms with Crippen molar-refractivity contribution in [1.29, 1.82) is 0 Å². The highest BCUT2D eigenvalue weighted by atomic mass is 16.5. The van der Waals surface area contributed by atoms with Crippen molar-refractivity contribution in [2.75, 3.05) is 0 Å². The fourth-order valence-electron chi connectivity index (χ4n) is 2.34. The van der Waals surface area contributed by atoms with Crippen LogP contribution in [0.15, 0.2) is 72.8 Å². The summed E-state index contributed by atoms with van der Waals surface area (Å²) in [6.07, 6.45) is 0. The maximum absolute atomic E-state index is 11.4. The monoisotopic (exact) mass is 358 g/mol. The van der Waals surface area contributed by atoms with Crippen LogP contribution in [0.25, 0.3) is 0 Å². The van der Waals surface area contributed by atoms with Gasteiger partial charge in [-0.3, -0.25) is 0 Å². The highest BCUT2D eigenvalue weighted by Gasteiger charge is 2.10. The van der Waals surface area contributed by atoms with E-state index in [2.05, 4.69) is 11.8 Å². The summed E-state index contributed by atoms with van der Waals surface area (Å²) >= 11 is 0. The molecule has 0 amide bonds. The highest BCUT2D eigenvalue weighted by Crippen LogP contribution is 2.24. The first-order chi connectivity index (χ1) is 13.0. The van der Waals surface area contributed by atoms with Crippen LogP contribution in [0.3, 0.4) is 0 Å². The molecular formula is C22H14O5. The molecule has 3 aromatic rings. The summed E-state index contributed by atoms with van der Waals surface area (Å²) in [6, 6.07) is 19.7. The second-order valence-corrected chi connectivity index (χ2v) is 5.56. The van der Waals surface area contributed by atoms with Gasteiger partial charge in [0.15, 0.2) is 0 Å². The van der Waals surface area contributed by atoms with Crippen molar-refractivity contribution in [3.05, 3.63) is 95.1 Å². The Labute approximate surface area is 155 Å². The predicted octanol–water partition coefficient (Wildman–Crippen LogP) is 4.28. The van der Waals surface area contributed by atoms with E-state index in [9.17, 15) is 14.7 Å². The molecule has 0 spiro atoms. The van der Waals surface area contributed by atoms with E-state index in [1.807, 2.05) is 30.3 Å². The zero-order valence-electron chi connectivity index (χ0n) is 14.0. The maximum Gasteiger partial charge on any atom is 0.336 e. The first-order valence-corrected chi connectivity index (χ1v) is 7.98. The molecule has 2 N–H and O–H groups in total. The van der Waals surface area contributed by atoms with Gasteiger partial charge in [-0.05, 0) is 54.6 Å². The Hall–Kier alpha value is -4.04. The van der Waals surface area contributed by atoms with E-state index in [4.69, 9.17) is 9.84 Å². The third-order valence-electron chi connectivity index (χ3n) is 3.67. The van der Waals surface area contributed by atoms with E-state index in [0.717, 1.165) is 5.56 Å². The van der Waals surface area contributed by atoms with Gasteiger partial charge in [0.25, 0.3) is 0 Å². The minimum atomic E-state index is -1.08. The molecule has 0 aromatic heterocycles. The van der Waals surface area contributed by atoms with Crippen LogP contribution in [0.2, 0.25) is 0 Å². The van der Waals surface area contributed by atoms with Crippen molar-refractivity contribution < 1.29 is 24.5 Å². The summed E-state index contributed by atoms with van der Waals surface area (Å²) in [6.45, 7) is 0. The van der Waals surface area contributed by atoms with Crippen LogP contribution in [0, 0.1) is 11.8 Å². The topological polar surface area (TPSA) is 83.8 Å². The molecule has 3 aromatic carbocycles.